The van der Waals surface area contributed by atoms with E-state index in [9.17, 15) is 32.3 Å². The first-order valence-corrected chi connectivity index (χ1v) is 9.77. The van der Waals surface area contributed by atoms with Crippen LogP contribution in [0, 0.1) is 0 Å². The number of carbonyl (C=O) groups excluding carboxylic acids is 4. The Labute approximate surface area is 189 Å². The summed E-state index contributed by atoms with van der Waals surface area (Å²) < 4.78 is 36.6. The van der Waals surface area contributed by atoms with Crippen molar-refractivity contribution in [1.29, 1.82) is 0 Å². The average molecular weight is 488 g/mol. The van der Waals surface area contributed by atoms with E-state index >= 15 is 0 Å². The molecule has 0 saturated heterocycles. The SMILES string of the molecule is CC(C(=O)Nc1ccc(C(=O)NCC(F)(F)F)cc1)N1C(=O)c2cc(Cl)c(Cl)cc2C1=O. The Hall–Kier alpha value is -3.11. The summed E-state index contributed by atoms with van der Waals surface area (Å²) in [6, 6.07) is 6.36. The van der Waals surface area contributed by atoms with Crippen LogP contribution in [0.1, 0.15) is 38.0 Å². The minimum Gasteiger partial charge on any atom is -0.343 e. The summed E-state index contributed by atoms with van der Waals surface area (Å²) in [4.78, 5) is 50.3. The Balaban J connectivity index is 1.68. The van der Waals surface area contributed by atoms with E-state index < -0.39 is 42.4 Å². The Bertz CT molecular complexity index is 1080. The molecule has 1 aliphatic rings. The Kier molecular flexibility index (Phi) is 6.47. The molecular formula is C20H14Cl2F3N3O4. The van der Waals surface area contributed by atoms with Gasteiger partial charge in [-0.1, -0.05) is 23.2 Å². The first-order valence-electron chi connectivity index (χ1n) is 9.02. The number of fused-ring (bicyclic) bond motifs is 1. The van der Waals surface area contributed by atoms with Crippen LogP contribution in [0.25, 0.3) is 0 Å². The molecule has 0 bridgehead atoms. The van der Waals surface area contributed by atoms with E-state index in [1.807, 2.05) is 0 Å². The molecule has 2 aromatic carbocycles. The standard InChI is InChI=1S/C20H14Cl2F3N3O4/c1-9(28-18(31)12-6-14(21)15(22)7-13(12)19(28)32)16(29)27-11-4-2-10(3-5-11)17(30)26-8-20(23,24)25/h2-7,9H,8H2,1H3,(H,26,30)(H,27,29). The van der Waals surface area contributed by atoms with Gasteiger partial charge in [-0.25, -0.2) is 0 Å². The highest BCUT2D eigenvalue weighted by Crippen LogP contribution is 2.32. The van der Waals surface area contributed by atoms with E-state index in [2.05, 4.69) is 5.32 Å². The van der Waals surface area contributed by atoms with Gasteiger partial charge in [0.05, 0.1) is 21.2 Å². The zero-order chi connectivity index (χ0) is 23.8. The number of nitrogens with one attached hydrogen (secondary N) is 2. The first-order chi connectivity index (χ1) is 14.9. The second-order valence-corrected chi connectivity index (χ2v) is 7.65. The highest BCUT2D eigenvalue weighted by molar-refractivity contribution is 6.43. The van der Waals surface area contributed by atoms with Gasteiger partial charge in [-0.3, -0.25) is 24.1 Å². The molecule has 0 aromatic heterocycles. The predicted molar refractivity (Wildman–Crippen MR) is 110 cm³/mol. The van der Waals surface area contributed by atoms with Gasteiger partial charge in [-0.05, 0) is 43.3 Å². The van der Waals surface area contributed by atoms with Crippen LogP contribution < -0.4 is 10.6 Å². The summed E-state index contributed by atoms with van der Waals surface area (Å²) >= 11 is 11.8. The third-order valence-corrected chi connectivity index (χ3v) is 5.31. The second-order valence-electron chi connectivity index (χ2n) is 6.83. The Morgan fingerprint density at radius 1 is 1.00 bits per heavy atom. The number of alkyl halides is 3. The quantitative estimate of drug-likeness (QED) is 0.625. The normalized spacial score (nSPS) is 14.2. The van der Waals surface area contributed by atoms with Crippen molar-refractivity contribution in [1.82, 2.24) is 10.2 Å². The van der Waals surface area contributed by atoms with Crippen LogP contribution in [0.3, 0.4) is 0 Å². The van der Waals surface area contributed by atoms with Crippen LogP contribution in [0.2, 0.25) is 10.0 Å². The minimum atomic E-state index is -4.54. The van der Waals surface area contributed by atoms with Crippen molar-refractivity contribution >= 4 is 52.5 Å². The van der Waals surface area contributed by atoms with E-state index in [-0.39, 0.29) is 32.4 Å². The molecule has 0 radical (unpaired) electrons. The summed E-state index contributed by atoms with van der Waals surface area (Å²) in [6.45, 7) is -0.127. The smallest absolute Gasteiger partial charge is 0.343 e. The molecule has 2 N–H and O–H groups in total. The van der Waals surface area contributed by atoms with Crippen molar-refractivity contribution in [3.8, 4) is 0 Å². The number of halogens is 5. The van der Waals surface area contributed by atoms with Crippen molar-refractivity contribution in [2.75, 3.05) is 11.9 Å². The van der Waals surface area contributed by atoms with Crippen molar-refractivity contribution in [2.45, 2.75) is 19.1 Å². The van der Waals surface area contributed by atoms with Gasteiger partial charge in [0.25, 0.3) is 17.7 Å². The minimum absolute atomic E-state index is 0.0262. The lowest BCUT2D eigenvalue weighted by molar-refractivity contribution is -0.123. The van der Waals surface area contributed by atoms with E-state index in [1.54, 1.807) is 5.32 Å². The van der Waals surface area contributed by atoms with E-state index in [1.165, 1.54) is 43.3 Å². The number of benzene rings is 2. The van der Waals surface area contributed by atoms with E-state index in [0.29, 0.717) is 0 Å². The predicted octanol–water partition coefficient (Wildman–Crippen LogP) is 3.91. The van der Waals surface area contributed by atoms with Gasteiger partial charge in [0.15, 0.2) is 0 Å². The van der Waals surface area contributed by atoms with Crippen LogP contribution >= 0.6 is 23.2 Å². The van der Waals surface area contributed by atoms with Crippen LogP contribution in [-0.2, 0) is 4.79 Å². The van der Waals surface area contributed by atoms with Gasteiger partial charge >= 0.3 is 6.18 Å². The molecule has 1 atom stereocenters. The lowest BCUT2D eigenvalue weighted by Crippen LogP contribution is -2.45. The van der Waals surface area contributed by atoms with Gasteiger partial charge in [0.2, 0.25) is 5.91 Å². The van der Waals surface area contributed by atoms with Crippen LogP contribution in [-0.4, -0.2) is 47.3 Å². The van der Waals surface area contributed by atoms with Gasteiger partial charge in [-0.15, -0.1) is 0 Å². The highest BCUT2D eigenvalue weighted by Gasteiger charge is 2.41. The fourth-order valence-corrected chi connectivity index (χ4v) is 3.28. The van der Waals surface area contributed by atoms with E-state index in [4.69, 9.17) is 23.2 Å². The number of hydrogen-bond donors (Lipinski definition) is 2. The molecule has 0 saturated carbocycles. The highest BCUT2D eigenvalue weighted by atomic mass is 35.5. The average Bonchev–Trinajstić information content (AvgIpc) is 2.95. The van der Waals surface area contributed by atoms with Gasteiger partial charge < -0.3 is 10.6 Å². The fourth-order valence-electron chi connectivity index (χ4n) is 2.96. The summed E-state index contributed by atoms with van der Waals surface area (Å²) in [5, 5.41) is 4.39. The number of imide groups is 1. The third kappa shape index (κ3) is 4.86. The number of hydrogen-bond acceptors (Lipinski definition) is 4. The zero-order valence-electron chi connectivity index (χ0n) is 16.2. The fraction of sp³-hybridized carbons (Fsp3) is 0.200. The molecule has 0 aliphatic carbocycles. The summed E-state index contributed by atoms with van der Waals surface area (Å²) in [5.41, 5.74) is 0.211. The number of rotatable bonds is 5. The maximum Gasteiger partial charge on any atom is 0.405 e. The zero-order valence-corrected chi connectivity index (χ0v) is 17.7. The Morgan fingerprint density at radius 3 is 1.97 bits per heavy atom. The maximum atomic E-state index is 12.6. The molecule has 12 heteroatoms. The lowest BCUT2D eigenvalue weighted by Gasteiger charge is -2.21. The molecular weight excluding hydrogens is 474 g/mol. The summed E-state index contributed by atoms with van der Waals surface area (Å²) in [6.07, 6.45) is -4.54. The van der Waals surface area contributed by atoms with Crippen molar-refractivity contribution in [3.63, 3.8) is 0 Å². The number of nitrogens with zero attached hydrogens (tertiary/aromatic N) is 1. The Morgan fingerprint density at radius 2 is 1.50 bits per heavy atom. The monoisotopic (exact) mass is 487 g/mol. The molecule has 0 spiro atoms. The molecule has 7 nitrogen and oxygen atoms in total. The van der Waals surface area contributed by atoms with Crippen molar-refractivity contribution in [2.24, 2.45) is 0 Å². The molecule has 1 heterocycles. The van der Waals surface area contributed by atoms with Gasteiger partial charge in [-0.2, -0.15) is 13.2 Å². The molecule has 1 unspecified atom stereocenters. The lowest BCUT2D eigenvalue weighted by atomic mass is 10.1. The molecule has 32 heavy (non-hydrogen) atoms. The first kappa shape index (κ1) is 23.6. The molecule has 4 amide bonds. The molecule has 3 rings (SSSR count). The number of carbonyl (C=O) groups is 4. The summed E-state index contributed by atoms with van der Waals surface area (Å²) in [7, 11) is 0. The van der Waals surface area contributed by atoms with Gasteiger partial charge in [0.1, 0.15) is 12.6 Å². The number of amides is 4. The summed E-state index contributed by atoms with van der Waals surface area (Å²) in [5.74, 6) is -3.05. The van der Waals surface area contributed by atoms with Crippen molar-refractivity contribution in [3.05, 3.63) is 63.1 Å². The maximum absolute atomic E-state index is 12.6. The van der Waals surface area contributed by atoms with Crippen molar-refractivity contribution < 1.29 is 32.3 Å². The molecule has 1 aliphatic heterocycles. The number of anilines is 1. The third-order valence-electron chi connectivity index (χ3n) is 4.59. The second kappa shape index (κ2) is 8.79. The van der Waals surface area contributed by atoms with E-state index in [0.717, 1.165) is 4.90 Å². The molecule has 2 aromatic rings. The van der Waals surface area contributed by atoms with Crippen LogP contribution in [0.15, 0.2) is 36.4 Å². The van der Waals surface area contributed by atoms with Gasteiger partial charge in [0, 0.05) is 11.3 Å². The topological polar surface area (TPSA) is 95.6 Å². The van der Waals surface area contributed by atoms with Crippen LogP contribution in [0.4, 0.5) is 18.9 Å². The largest absolute Gasteiger partial charge is 0.405 e. The van der Waals surface area contributed by atoms with Crippen LogP contribution in [0.5, 0.6) is 0 Å². The molecule has 168 valence electrons. The molecule has 0 fully saturated rings.